The summed E-state index contributed by atoms with van der Waals surface area (Å²) in [5.74, 6) is -3.01. The average molecular weight is 555 g/mol. The number of piperidine rings is 1. The molecule has 3 aliphatic rings. The Kier molecular flexibility index (Phi) is 8.02. The Morgan fingerprint density at radius 2 is 1.68 bits per heavy atom. The van der Waals surface area contributed by atoms with Gasteiger partial charge < -0.3 is 26.0 Å². The largest absolute Gasteiger partial charge is 0.444 e. The Hall–Kier alpha value is -3.43. The van der Waals surface area contributed by atoms with E-state index in [1.807, 2.05) is 31.2 Å². The van der Waals surface area contributed by atoms with Gasteiger partial charge in [0.2, 0.25) is 17.6 Å². The Morgan fingerprint density at radius 3 is 2.20 bits per heavy atom. The van der Waals surface area contributed by atoms with E-state index in [1.165, 1.54) is 0 Å². The van der Waals surface area contributed by atoms with Crippen LogP contribution < -0.4 is 16.4 Å². The molecule has 1 aliphatic heterocycles. The highest BCUT2D eigenvalue weighted by molar-refractivity contribution is 6.37. The number of fused-ring (bicyclic) bond motifs is 2. The standard InChI is InChI=1S/C30H42N4O6/c1-7-10-20(24(35)25(31)36)32-26(37)23-21-19(30(21,5)6)15-34(23)27(38)22(33-28(39)40-29(2,3)4)18-13-16-11-8-9-12-17(16)14-18/h8-9,11-12,18-23H,7,10,13-15H2,1-6H3,(H2,31,36)(H,32,37)(H,33,39). The Bertz CT molecular complexity index is 1180. The molecule has 0 spiro atoms. The van der Waals surface area contributed by atoms with Gasteiger partial charge in [-0.05, 0) is 74.3 Å². The van der Waals surface area contributed by atoms with Gasteiger partial charge in [0.1, 0.15) is 17.7 Å². The van der Waals surface area contributed by atoms with Crippen LogP contribution >= 0.6 is 0 Å². The van der Waals surface area contributed by atoms with E-state index in [9.17, 15) is 24.0 Å². The van der Waals surface area contributed by atoms with Gasteiger partial charge in [0, 0.05) is 6.54 Å². The fraction of sp³-hybridized carbons (Fsp3) is 0.633. The maximum absolute atomic E-state index is 14.3. The van der Waals surface area contributed by atoms with Crippen LogP contribution in [0.25, 0.3) is 0 Å². The fourth-order valence-electron chi connectivity index (χ4n) is 6.62. The number of benzene rings is 1. The van der Waals surface area contributed by atoms with E-state index in [4.69, 9.17) is 10.5 Å². The van der Waals surface area contributed by atoms with Gasteiger partial charge in [-0.25, -0.2) is 4.79 Å². The molecule has 10 nitrogen and oxygen atoms in total. The van der Waals surface area contributed by atoms with Crippen LogP contribution in [0, 0.1) is 23.2 Å². The van der Waals surface area contributed by atoms with Crippen LogP contribution in [0.15, 0.2) is 24.3 Å². The number of nitrogens with two attached hydrogens (primary N) is 1. The Labute approximate surface area is 235 Å². The lowest BCUT2D eigenvalue weighted by atomic mass is 9.93. The number of amides is 4. The van der Waals surface area contributed by atoms with Crippen molar-refractivity contribution in [2.24, 2.45) is 28.9 Å². The minimum Gasteiger partial charge on any atom is -0.444 e. The second-order valence-corrected chi connectivity index (χ2v) is 13.0. The minimum absolute atomic E-state index is 0.103. The molecule has 40 heavy (non-hydrogen) atoms. The second kappa shape index (κ2) is 10.9. The van der Waals surface area contributed by atoms with Crippen molar-refractivity contribution >= 4 is 29.6 Å². The zero-order valence-corrected chi connectivity index (χ0v) is 24.3. The number of ether oxygens (including phenoxy) is 1. The highest BCUT2D eigenvalue weighted by Gasteiger charge is 2.69. The molecule has 0 bridgehead atoms. The summed E-state index contributed by atoms with van der Waals surface area (Å²) < 4.78 is 5.50. The molecule has 1 saturated carbocycles. The van der Waals surface area contributed by atoms with E-state index in [0.29, 0.717) is 25.8 Å². The molecule has 1 aromatic carbocycles. The Balaban J connectivity index is 1.60. The van der Waals surface area contributed by atoms with Crippen molar-refractivity contribution in [1.29, 1.82) is 0 Å². The minimum atomic E-state index is -1.11. The molecule has 10 heteroatoms. The number of hydrogen-bond donors (Lipinski definition) is 3. The number of nitrogens with zero attached hydrogens (tertiary/aromatic N) is 1. The van der Waals surface area contributed by atoms with Crippen molar-refractivity contribution in [3.8, 4) is 0 Å². The molecule has 0 aromatic heterocycles. The van der Waals surface area contributed by atoms with Crippen molar-refractivity contribution in [2.75, 3.05) is 6.54 Å². The van der Waals surface area contributed by atoms with Crippen LogP contribution in [0.3, 0.4) is 0 Å². The summed E-state index contributed by atoms with van der Waals surface area (Å²) in [6.07, 6.45) is 1.34. The molecule has 218 valence electrons. The van der Waals surface area contributed by atoms with Gasteiger partial charge in [-0.2, -0.15) is 0 Å². The fourth-order valence-corrected chi connectivity index (χ4v) is 6.62. The smallest absolute Gasteiger partial charge is 0.408 e. The maximum atomic E-state index is 14.3. The van der Waals surface area contributed by atoms with Crippen LogP contribution in [-0.4, -0.2) is 64.8 Å². The molecule has 0 radical (unpaired) electrons. The first-order valence-electron chi connectivity index (χ1n) is 14.2. The van der Waals surface area contributed by atoms with Crippen molar-refractivity contribution in [2.45, 2.75) is 91.0 Å². The summed E-state index contributed by atoms with van der Waals surface area (Å²) in [6.45, 7) is 11.6. The molecular weight excluding hydrogens is 512 g/mol. The Morgan fingerprint density at radius 1 is 1.07 bits per heavy atom. The molecule has 4 amide bonds. The molecule has 1 saturated heterocycles. The van der Waals surface area contributed by atoms with Gasteiger partial charge in [-0.3, -0.25) is 19.2 Å². The summed E-state index contributed by atoms with van der Waals surface area (Å²) in [4.78, 5) is 66.4. The first kappa shape index (κ1) is 29.6. The molecule has 1 heterocycles. The van der Waals surface area contributed by atoms with Crippen LogP contribution in [0.5, 0.6) is 0 Å². The van der Waals surface area contributed by atoms with Gasteiger partial charge >= 0.3 is 6.09 Å². The predicted octanol–water partition coefficient (Wildman–Crippen LogP) is 2.12. The number of hydrogen-bond acceptors (Lipinski definition) is 6. The zero-order valence-electron chi connectivity index (χ0n) is 24.3. The molecule has 4 N–H and O–H groups in total. The van der Waals surface area contributed by atoms with Crippen molar-refractivity contribution in [3.05, 3.63) is 35.4 Å². The van der Waals surface area contributed by atoms with E-state index in [-0.39, 0.29) is 35.5 Å². The number of nitrogens with one attached hydrogen (secondary N) is 2. The number of alkyl carbamates (subject to hydrolysis) is 1. The van der Waals surface area contributed by atoms with Crippen LogP contribution in [0.2, 0.25) is 0 Å². The van der Waals surface area contributed by atoms with Gasteiger partial charge in [-0.1, -0.05) is 51.5 Å². The number of rotatable bonds is 9. The quantitative estimate of drug-likeness (QED) is 0.398. The number of likely N-dealkylation sites (tertiary alicyclic amines) is 1. The van der Waals surface area contributed by atoms with Gasteiger partial charge in [0.15, 0.2) is 0 Å². The number of primary amides is 1. The predicted molar refractivity (Wildman–Crippen MR) is 148 cm³/mol. The van der Waals surface area contributed by atoms with Crippen molar-refractivity contribution in [3.63, 3.8) is 0 Å². The number of carbonyl (C=O) groups is 5. The average Bonchev–Trinajstić information content (AvgIpc) is 3.24. The molecule has 2 aliphatic carbocycles. The van der Waals surface area contributed by atoms with Crippen LogP contribution in [-0.2, 0) is 36.8 Å². The lowest BCUT2D eigenvalue weighted by Crippen LogP contribution is -2.59. The van der Waals surface area contributed by atoms with E-state index in [2.05, 4.69) is 24.5 Å². The van der Waals surface area contributed by atoms with E-state index in [1.54, 1.807) is 25.7 Å². The summed E-state index contributed by atoms with van der Waals surface area (Å²) in [7, 11) is 0. The molecule has 2 fully saturated rings. The zero-order chi connectivity index (χ0) is 29.6. The molecule has 5 unspecified atom stereocenters. The van der Waals surface area contributed by atoms with E-state index < -0.39 is 47.4 Å². The molecule has 4 rings (SSSR count). The number of Topliss-reactive ketones (excluding diaryl/α,β-unsaturated/α-hetero) is 1. The van der Waals surface area contributed by atoms with Crippen LogP contribution in [0.1, 0.15) is 65.5 Å². The first-order chi connectivity index (χ1) is 18.7. The summed E-state index contributed by atoms with van der Waals surface area (Å²) in [6, 6.07) is 5.17. The van der Waals surface area contributed by atoms with E-state index >= 15 is 0 Å². The lowest BCUT2D eigenvalue weighted by molar-refractivity contribution is -0.144. The van der Waals surface area contributed by atoms with Crippen molar-refractivity contribution in [1.82, 2.24) is 15.5 Å². The summed E-state index contributed by atoms with van der Waals surface area (Å²) in [5.41, 5.74) is 6.57. The highest BCUT2D eigenvalue weighted by atomic mass is 16.6. The number of ketones is 1. The topological polar surface area (TPSA) is 148 Å². The first-order valence-corrected chi connectivity index (χ1v) is 14.2. The van der Waals surface area contributed by atoms with Gasteiger partial charge in [-0.15, -0.1) is 0 Å². The third-order valence-corrected chi connectivity index (χ3v) is 8.71. The van der Waals surface area contributed by atoms with Gasteiger partial charge in [0.05, 0.1) is 6.04 Å². The third kappa shape index (κ3) is 5.86. The summed E-state index contributed by atoms with van der Waals surface area (Å²) in [5, 5.41) is 5.55. The third-order valence-electron chi connectivity index (χ3n) is 8.71. The SMILES string of the molecule is CCCC(NC(=O)C1C2C(CN1C(=O)C(NC(=O)OC(C)(C)C)C1Cc3ccccc3C1)C2(C)C)C(=O)C(N)=O. The molecular formula is C30H42N4O6. The monoisotopic (exact) mass is 554 g/mol. The van der Waals surface area contributed by atoms with E-state index in [0.717, 1.165) is 11.1 Å². The molecule has 1 aromatic rings. The highest BCUT2D eigenvalue weighted by Crippen LogP contribution is 2.65. The maximum Gasteiger partial charge on any atom is 0.408 e. The van der Waals surface area contributed by atoms with Crippen LogP contribution in [0.4, 0.5) is 4.79 Å². The second-order valence-electron chi connectivity index (χ2n) is 13.0. The van der Waals surface area contributed by atoms with Gasteiger partial charge in [0.25, 0.3) is 5.91 Å². The normalized spacial score (nSPS) is 24.4. The lowest BCUT2D eigenvalue weighted by Gasteiger charge is -2.35. The summed E-state index contributed by atoms with van der Waals surface area (Å²) >= 11 is 0. The molecule has 5 atom stereocenters. The van der Waals surface area contributed by atoms with Crippen molar-refractivity contribution < 1.29 is 28.7 Å². The number of carbonyl (C=O) groups excluding carboxylic acids is 5.